The fourth-order valence-corrected chi connectivity index (χ4v) is 5.78. The number of piperidine rings is 1. The molecule has 4 rings (SSSR count). The Kier molecular flexibility index (Phi) is 4.33. The van der Waals surface area contributed by atoms with Gasteiger partial charge >= 0.3 is 0 Å². The lowest BCUT2D eigenvalue weighted by Crippen LogP contribution is -2.52. The van der Waals surface area contributed by atoms with Crippen molar-refractivity contribution in [2.24, 2.45) is 5.92 Å². The van der Waals surface area contributed by atoms with Crippen molar-refractivity contribution in [2.75, 3.05) is 20.1 Å². The van der Waals surface area contributed by atoms with Gasteiger partial charge in [0.25, 0.3) is 0 Å². The van der Waals surface area contributed by atoms with E-state index < -0.39 is 0 Å². The first kappa shape index (κ1) is 17.3. The van der Waals surface area contributed by atoms with E-state index in [1.807, 2.05) is 0 Å². The predicted molar refractivity (Wildman–Crippen MR) is 97.1 cm³/mol. The summed E-state index contributed by atoms with van der Waals surface area (Å²) >= 11 is 0. The van der Waals surface area contributed by atoms with E-state index in [0.717, 1.165) is 58.0 Å². The van der Waals surface area contributed by atoms with E-state index >= 15 is 0 Å². The monoisotopic (exact) mass is 347 g/mol. The van der Waals surface area contributed by atoms with Crippen LogP contribution in [0.3, 0.4) is 0 Å². The fourth-order valence-electron chi connectivity index (χ4n) is 5.78. The Morgan fingerprint density at radius 1 is 1.12 bits per heavy atom. The molecule has 2 aliphatic carbocycles. The molecule has 5 nitrogen and oxygen atoms in total. The molecule has 1 atom stereocenters. The number of carbonyl (C=O) groups is 2. The fraction of sp³-hybridized carbons (Fsp3) is 0.900. The van der Waals surface area contributed by atoms with Gasteiger partial charge in [-0.1, -0.05) is 0 Å². The first-order valence-corrected chi connectivity index (χ1v) is 10.3. The van der Waals surface area contributed by atoms with Crippen LogP contribution in [0.5, 0.6) is 0 Å². The zero-order valence-corrected chi connectivity index (χ0v) is 15.9. The van der Waals surface area contributed by atoms with E-state index in [-0.39, 0.29) is 17.4 Å². The molecule has 2 saturated heterocycles. The highest BCUT2D eigenvalue weighted by Crippen LogP contribution is 2.49. The lowest BCUT2D eigenvalue weighted by Gasteiger charge is -2.44. The first-order valence-electron chi connectivity index (χ1n) is 10.3. The average molecular weight is 348 g/mol. The van der Waals surface area contributed by atoms with Crippen LogP contribution in [-0.4, -0.2) is 58.9 Å². The lowest BCUT2D eigenvalue weighted by molar-refractivity contribution is -0.133. The van der Waals surface area contributed by atoms with E-state index in [4.69, 9.17) is 0 Å². The number of amides is 2. The molecule has 2 spiro atoms. The summed E-state index contributed by atoms with van der Waals surface area (Å²) in [5.41, 5.74) is 0.446. The molecular weight excluding hydrogens is 314 g/mol. The Hall–Kier alpha value is -1.10. The van der Waals surface area contributed by atoms with Crippen LogP contribution in [0.25, 0.3) is 0 Å². The molecule has 0 aromatic heterocycles. The van der Waals surface area contributed by atoms with Gasteiger partial charge in [0.15, 0.2) is 0 Å². The van der Waals surface area contributed by atoms with E-state index in [0.29, 0.717) is 23.9 Å². The van der Waals surface area contributed by atoms with Gasteiger partial charge in [-0.3, -0.25) is 9.59 Å². The largest absolute Gasteiger partial charge is 0.353 e. The highest BCUT2D eigenvalue weighted by molar-refractivity contribution is 5.80. The van der Waals surface area contributed by atoms with Crippen LogP contribution in [0.15, 0.2) is 0 Å². The lowest BCUT2D eigenvalue weighted by atomic mass is 9.77. The van der Waals surface area contributed by atoms with Crippen LogP contribution in [0.2, 0.25) is 0 Å². The zero-order valence-electron chi connectivity index (χ0n) is 15.9. The number of rotatable bonds is 3. The third-order valence-corrected chi connectivity index (χ3v) is 7.70. The molecule has 4 aliphatic rings. The predicted octanol–water partition coefficient (Wildman–Crippen LogP) is 2.30. The van der Waals surface area contributed by atoms with Gasteiger partial charge in [-0.05, 0) is 78.3 Å². The number of hydrogen-bond donors (Lipinski definition) is 1. The molecule has 25 heavy (non-hydrogen) atoms. The van der Waals surface area contributed by atoms with E-state index in [1.54, 1.807) is 0 Å². The molecule has 140 valence electrons. The second-order valence-electron chi connectivity index (χ2n) is 8.98. The Balaban J connectivity index is 1.30. The standard InChI is InChI=1S/C20H33N3O2/c1-3-23-17(24)6-10-19(23)8-4-16(5-9-19)21-18(25)15-7-13-22(2)20(14-15)11-12-20/h15-16H,3-14H2,1-2H3,(H,21,25). The summed E-state index contributed by atoms with van der Waals surface area (Å²) in [5.74, 6) is 0.816. The molecule has 0 bridgehead atoms. The average Bonchev–Trinajstić information content (AvgIpc) is 3.31. The highest BCUT2D eigenvalue weighted by Gasteiger charge is 2.51. The number of nitrogens with one attached hydrogen (secondary N) is 1. The molecule has 2 aliphatic heterocycles. The molecule has 2 heterocycles. The van der Waals surface area contributed by atoms with Crippen molar-refractivity contribution in [2.45, 2.75) is 88.3 Å². The molecule has 2 amide bonds. The number of likely N-dealkylation sites (tertiary alicyclic amines) is 2. The summed E-state index contributed by atoms with van der Waals surface area (Å²) in [4.78, 5) is 29.4. The maximum absolute atomic E-state index is 12.8. The Morgan fingerprint density at radius 2 is 1.84 bits per heavy atom. The minimum atomic E-state index is 0.0959. The second kappa shape index (κ2) is 6.26. The third kappa shape index (κ3) is 2.98. The minimum Gasteiger partial charge on any atom is -0.353 e. The summed E-state index contributed by atoms with van der Waals surface area (Å²) in [6.45, 7) is 3.97. The van der Waals surface area contributed by atoms with Crippen LogP contribution in [-0.2, 0) is 9.59 Å². The summed E-state index contributed by atoms with van der Waals surface area (Å²) in [6.07, 6.45) is 10.4. The van der Waals surface area contributed by atoms with Gasteiger partial charge < -0.3 is 15.1 Å². The number of nitrogens with zero attached hydrogens (tertiary/aromatic N) is 2. The Bertz CT molecular complexity index is 549. The zero-order chi connectivity index (χ0) is 17.7. The van der Waals surface area contributed by atoms with E-state index in [2.05, 4.69) is 29.1 Å². The molecule has 0 aromatic carbocycles. The maximum atomic E-state index is 12.8. The molecule has 1 N–H and O–H groups in total. The van der Waals surface area contributed by atoms with Gasteiger partial charge in [-0.2, -0.15) is 0 Å². The third-order valence-electron chi connectivity index (χ3n) is 7.70. The molecule has 2 saturated carbocycles. The van der Waals surface area contributed by atoms with E-state index in [1.165, 1.54) is 12.8 Å². The molecule has 0 aromatic rings. The number of carbonyl (C=O) groups excluding carboxylic acids is 2. The normalized spacial score (nSPS) is 37.7. The van der Waals surface area contributed by atoms with E-state index in [9.17, 15) is 9.59 Å². The molecular formula is C20H33N3O2. The topological polar surface area (TPSA) is 52.7 Å². The maximum Gasteiger partial charge on any atom is 0.223 e. The van der Waals surface area contributed by atoms with Crippen LogP contribution in [0.1, 0.15) is 71.1 Å². The number of hydrogen-bond acceptors (Lipinski definition) is 3. The Morgan fingerprint density at radius 3 is 2.48 bits per heavy atom. The van der Waals surface area contributed by atoms with Gasteiger partial charge in [0, 0.05) is 36.0 Å². The van der Waals surface area contributed by atoms with Crippen LogP contribution in [0, 0.1) is 5.92 Å². The van der Waals surface area contributed by atoms with Crippen molar-refractivity contribution in [1.82, 2.24) is 15.1 Å². The van der Waals surface area contributed by atoms with Crippen molar-refractivity contribution < 1.29 is 9.59 Å². The highest BCUT2D eigenvalue weighted by atomic mass is 16.2. The minimum absolute atomic E-state index is 0.0959. The second-order valence-corrected chi connectivity index (χ2v) is 8.98. The summed E-state index contributed by atoms with van der Waals surface area (Å²) in [6, 6.07) is 0.308. The van der Waals surface area contributed by atoms with Gasteiger partial charge in [0.05, 0.1) is 0 Å². The molecule has 0 radical (unpaired) electrons. The SMILES string of the molecule is CCN1C(=O)CCC12CCC(NC(=O)C1CCN(C)C3(CC3)C1)CC2. The molecule has 5 heteroatoms. The van der Waals surface area contributed by atoms with Crippen LogP contribution in [0.4, 0.5) is 0 Å². The Labute approximate surface area is 151 Å². The van der Waals surface area contributed by atoms with Crippen molar-refractivity contribution in [3.8, 4) is 0 Å². The quantitative estimate of drug-likeness (QED) is 0.852. The smallest absolute Gasteiger partial charge is 0.223 e. The van der Waals surface area contributed by atoms with Crippen molar-refractivity contribution in [1.29, 1.82) is 0 Å². The first-order chi connectivity index (χ1) is 12.0. The summed E-state index contributed by atoms with van der Waals surface area (Å²) in [5, 5.41) is 3.36. The van der Waals surface area contributed by atoms with Gasteiger partial charge in [0.2, 0.25) is 11.8 Å². The van der Waals surface area contributed by atoms with Crippen LogP contribution >= 0.6 is 0 Å². The van der Waals surface area contributed by atoms with Gasteiger partial charge in [-0.15, -0.1) is 0 Å². The van der Waals surface area contributed by atoms with Gasteiger partial charge in [0.1, 0.15) is 0 Å². The van der Waals surface area contributed by atoms with Crippen molar-refractivity contribution >= 4 is 11.8 Å². The molecule has 4 fully saturated rings. The molecule has 1 unspecified atom stereocenters. The van der Waals surface area contributed by atoms with Gasteiger partial charge in [-0.25, -0.2) is 0 Å². The van der Waals surface area contributed by atoms with Crippen molar-refractivity contribution in [3.63, 3.8) is 0 Å². The summed E-state index contributed by atoms with van der Waals surface area (Å²) in [7, 11) is 2.21. The van der Waals surface area contributed by atoms with Crippen molar-refractivity contribution in [3.05, 3.63) is 0 Å². The van der Waals surface area contributed by atoms with Crippen LogP contribution < -0.4 is 5.32 Å². The summed E-state index contributed by atoms with van der Waals surface area (Å²) < 4.78 is 0.